The first-order valence-corrected chi connectivity index (χ1v) is 35.2. The summed E-state index contributed by atoms with van der Waals surface area (Å²) >= 11 is 0. The van der Waals surface area contributed by atoms with Crippen LogP contribution in [0.25, 0.3) is 0 Å². The molecule has 82 heavy (non-hydrogen) atoms. The molecule has 0 spiro atoms. The minimum Gasteiger partial charge on any atom is -0.462 e. The summed E-state index contributed by atoms with van der Waals surface area (Å²) in [5.41, 5.74) is 0. The van der Waals surface area contributed by atoms with E-state index in [1.54, 1.807) is 0 Å². The van der Waals surface area contributed by atoms with Gasteiger partial charge in [0.1, 0.15) is 13.2 Å². The molecule has 0 saturated carbocycles. The number of unbranched alkanes of at least 4 members (excludes halogenated alkanes) is 37. The molecule has 0 aromatic rings. The molecule has 0 aliphatic rings. The van der Waals surface area contributed by atoms with E-state index in [0.29, 0.717) is 19.3 Å². The predicted molar refractivity (Wildman–Crippen MR) is 357 cm³/mol. The van der Waals surface area contributed by atoms with Crippen molar-refractivity contribution in [2.75, 3.05) is 13.2 Å². The third-order valence-electron chi connectivity index (χ3n) is 15.3. The van der Waals surface area contributed by atoms with Crippen LogP contribution in [0.15, 0.2) is 97.2 Å². The Balaban J connectivity index is 4.40. The van der Waals surface area contributed by atoms with Gasteiger partial charge in [-0.3, -0.25) is 14.4 Å². The summed E-state index contributed by atoms with van der Waals surface area (Å²) in [5.74, 6) is -0.903. The number of rotatable bonds is 64. The molecule has 6 nitrogen and oxygen atoms in total. The van der Waals surface area contributed by atoms with Gasteiger partial charge in [-0.15, -0.1) is 0 Å². The minimum absolute atomic E-state index is 0.0875. The molecular weight excluding hydrogens is 1010 g/mol. The molecule has 0 aliphatic heterocycles. The zero-order valence-electron chi connectivity index (χ0n) is 54.2. The lowest BCUT2D eigenvalue weighted by Gasteiger charge is -2.18. The van der Waals surface area contributed by atoms with Crippen molar-refractivity contribution >= 4 is 17.9 Å². The van der Waals surface area contributed by atoms with Crippen LogP contribution in [0.1, 0.15) is 348 Å². The number of esters is 3. The molecule has 0 fully saturated rings. The lowest BCUT2D eigenvalue weighted by molar-refractivity contribution is -0.167. The van der Waals surface area contributed by atoms with Crippen LogP contribution in [0.2, 0.25) is 0 Å². The Morgan fingerprint density at radius 3 is 0.768 bits per heavy atom. The number of carbonyl (C=O) groups excluding carboxylic acids is 3. The van der Waals surface area contributed by atoms with Gasteiger partial charge in [0.2, 0.25) is 0 Å². The van der Waals surface area contributed by atoms with Gasteiger partial charge in [-0.25, -0.2) is 0 Å². The molecule has 0 aromatic carbocycles. The third-order valence-corrected chi connectivity index (χ3v) is 15.3. The molecule has 0 rings (SSSR count). The summed E-state index contributed by atoms with van der Waals surface area (Å²) < 4.78 is 17.0. The molecule has 0 bridgehead atoms. The van der Waals surface area contributed by atoms with Crippen LogP contribution in [0.5, 0.6) is 0 Å². The number of allylic oxidation sites excluding steroid dienone is 16. The van der Waals surface area contributed by atoms with Crippen molar-refractivity contribution in [3.8, 4) is 0 Å². The fourth-order valence-corrected chi connectivity index (χ4v) is 10.1. The maximum absolute atomic E-state index is 13.0. The average Bonchev–Trinajstić information content (AvgIpc) is 3.47. The Kier molecular flexibility index (Phi) is 66.7. The Hall–Kier alpha value is -3.67. The van der Waals surface area contributed by atoms with Crippen molar-refractivity contribution in [1.82, 2.24) is 0 Å². The first-order valence-electron chi connectivity index (χ1n) is 35.2. The highest BCUT2D eigenvalue weighted by Gasteiger charge is 2.19. The van der Waals surface area contributed by atoms with E-state index in [1.807, 2.05) is 0 Å². The minimum atomic E-state index is -0.796. The van der Waals surface area contributed by atoms with E-state index >= 15 is 0 Å². The largest absolute Gasteiger partial charge is 0.462 e. The van der Waals surface area contributed by atoms with Gasteiger partial charge in [0, 0.05) is 19.3 Å². The van der Waals surface area contributed by atoms with Gasteiger partial charge in [-0.2, -0.15) is 0 Å². The van der Waals surface area contributed by atoms with E-state index in [2.05, 4.69) is 118 Å². The van der Waals surface area contributed by atoms with Gasteiger partial charge in [0.05, 0.1) is 0 Å². The molecule has 6 heteroatoms. The van der Waals surface area contributed by atoms with Crippen LogP contribution in [0.4, 0.5) is 0 Å². The smallest absolute Gasteiger partial charge is 0.306 e. The maximum atomic E-state index is 13.0. The van der Waals surface area contributed by atoms with E-state index in [0.717, 1.165) is 128 Å². The number of ether oxygens (including phenoxy) is 3. The van der Waals surface area contributed by atoms with Gasteiger partial charge >= 0.3 is 17.9 Å². The maximum Gasteiger partial charge on any atom is 0.306 e. The molecule has 0 amide bonds. The van der Waals surface area contributed by atoms with Crippen LogP contribution in [-0.4, -0.2) is 37.2 Å². The lowest BCUT2D eigenvalue weighted by atomic mass is 10.0. The first-order chi connectivity index (χ1) is 40.5. The van der Waals surface area contributed by atoms with Crippen molar-refractivity contribution in [3.63, 3.8) is 0 Å². The Bertz CT molecular complexity index is 1590. The van der Waals surface area contributed by atoms with E-state index in [9.17, 15) is 14.4 Å². The predicted octanol–water partition coefficient (Wildman–Crippen LogP) is 24.4. The van der Waals surface area contributed by atoms with Crippen molar-refractivity contribution in [1.29, 1.82) is 0 Å². The summed E-state index contributed by atoms with van der Waals surface area (Å²) in [6.07, 6.45) is 94.2. The number of hydrogen-bond donors (Lipinski definition) is 0. The second-order valence-corrected chi connectivity index (χ2v) is 23.4. The highest BCUT2D eigenvalue weighted by atomic mass is 16.6. The van der Waals surface area contributed by atoms with Gasteiger partial charge in [0.25, 0.3) is 0 Å². The number of carbonyl (C=O) groups is 3. The summed E-state index contributed by atoms with van der Waals surface area (Å²) in [6.45, 7) is 6.52. The van der Waals surface area contributed by atoms with Crippen molar-refractivity contribution in [3.05, 3.63) is 97.2 Å². The zero-order chi connectivity index (χ0) is 59.2. The van der Waals surface area contributed by atoms with Crippen LogP contribution < -0.4 is 0 Å². The quantitative estimate of drug-likeness (QED) is 0.0261. The van der Waals surface area contributed by atoms with E-state index in [1.165, 1.54) is 180 Å². The summed E-state index contributed by atoms with van der Waals surface area (Å²) in [7, 11) is 0. The van der Waals surface area contributed by atoms with Crippen LogP contribution in [0.3, 0.4) is 0 Å². The Labute approximate surface area is 508 Å². The topological polar surface area (TPSA) is 78.9 Å². The van der Waals surface area contributed by atoms with Crippen molar-refractivity contribution < 1.29 is 28.6 Å². The van der Waals surface area contributed by atoms with Gasteiger partial charge in [-0.05, 0) is 103 Å². The zero-order valence-corrected chi connectivity index (χ0v) is 54.2. The van der Waals surface area contributed by atoms with E-state index < -0.39 is 6.10 Å². The molecular formula is C76H132O6. The molecule has 1 atom stereocenters. The fraction of sp³-hybridized carbons (Fsp3) is 0.750. The third kappa shape index (κ3) is 67.1. The van der Waals surface area contributed by atoms with Crippen molar-refractivity contribution in [2.24, 2.45) is 0 Å². The second-order valence-electron chi connectivity index (χ2n) is 23.4. The summed E-state index contributed by atoms with van der Waals surface area (Å²) in [6, 6.07) is 0. The molecule has 0 N–H and O–H groups in total. The molecule has 472 valence electrons. The Morgan fingerprint density at radius 2 is 0.476 bits per heavy atom. The monoisotopic (exact) mass is 1140 g/mol. The number of hydrogen-bond acceptors (Lipinski definition) is 6. The molecule has 0 saturated heterocycles. The standard InChI is InChI=1S/C76H132O6/c1-4-7-10-13-16-19-22-25-28-31-34-36-37-38-40-42-45-48-51-54-57-60-63-66-69-75(78)81-72-73(71-80-74(77)68-65-62-59-56-53-50-47-44-41-33-30-27-24-21-18-15-12-9-6-3)82-76(79)70-67-64-61-58-55-52-49-46-43-39-35-32-29-26-23-20-17-14-11-8-5-2/h8,11,17-18,20-21,26-27,29-30,35,39,41,44,46,49,73H,4-7,9-10,12-16,19,22-25,28,31-34,36-38,40,42-43,45,47-48,50-72H2,1-3H3/b11-8-,20-17-,21-18-,29-26-,30-27-,39-35-,44-41-,49-46-. The highest BCUT2D eigenvalue weighted by Crippen LogP contribution is 2.18. The molecule has 1 unspecified atom stereocenters. The van der Waals surface area contributed by atoms with Crippen molar-refractivity contribution in [2.45, 2.75) is 354 Å². The van der Waals surface area contributed by atoms with Crippen LogP contribution in [-0.2, 0) is 28.6 Å². The molecule has 0 aliphatic carbocycles. The van der Waals surface area contributed by atoms with E-state index in [-0.39, 0.29) is 31.1 Å². The van der Waals surface area contributed by atoms with E-state index in [4.69, 9.17) is 14.2 Å². The lowest BCUT2D eigenvalue weighted by Crippen LogP contribution is -2.30. The van der Waals surface area contributed by atoms with Crippen LogP contribution in [0, 0.1) is 0 Å². The average molecular weight is 1140 g/mol. The van der Waals surface area contributed by atoms with Crippen LogP contribution >= 0.6 is 0 Å². The second kappa shape index (κ2) is 69.8. The van der Waals surface area contributed by atoms with Gasteiger partial charge in [0.15, 0.2) is 6.10 Å². The Morgan fingerprint density at radius 1 is 0.256 bits per heavy atom. The van der Waals surface area contributed by atoms with Gasteiger partial charge in [-0.1, -0.05) is 323 Å². The highest BCUT2D eigenvalue weighted by molar-refractivity contribution is 5.71. The fourth-order valence-electron chi connectivity index (χ4n) is 10.1. The summed E-state index contributed by atoms with van der Waals surface area (Å²) in [4.78, 5) is 38.5. The molecule has 0 heterocycles. The first kappa shape index (κ1) is 78.3. The van der Waals surface area contributed by atoms with Gasteiger partial charge < -0.3 is 14.2 Å². The summed E-state index contributed by atoms with van der Waals surface area (Å²) in [5, 5.41) is 0. The molecule has 0 aromatic heterocycles. The molecule has 0 radical (unpaired) electrons. The normalized spacial score (nSPS) is 12.7. The SMILES string of the molecule is CC/C=C\C/C=C\C/C=C\C/C=C\C/C=C\CCCCCCCC(=O)OC(COC(=O)CCCCCCCC/C=C\C/C=C\C/C=C\CCCCC)COC(=O)CCCCCCCCCCCCCCCCCCCCCCCCCC.